The van der Waals surface area contributed by atoms with Crippen molar-refractivity contribution in [2.45, 2.75) is 115 Å². The number of hydrogen-bond donors (Lipinski definition) is 6. The molecule has 536 valence electrons. The molecule has 0 aliphatic carbocycles. The highest BCUT2D eigenvalue weighted by Gasteiger charge is 2.30. The first-order chi connectivity index (χ1) is 51.2. The van der Waals surface area contributed by atoms with Crippen LogP contribution in [-0.4, -0.2) is 160 Å². The minimum Gasteiger partial charge on any atom is -0.371 e. The summed E-state index contributed by atoms with van der Waals surface area (Å²) in [6.07, 6.45) is 36.9. The monoisotopic (exact) mass is 1390 g/mol. The summed E-state index contributed by atoms with van der Waals surface area (Å²) in [6, 6.07) is 47.9. The fourth-order valence-corrected chi connectivity index (χ4v) is 16.8. The lowest BCUT2D eigenvalue weighted by atomic mass is 9.95. The lowest BCUT2D eigenvalue weighted by Gasteiger charge is -2.42. The Balaban J connectivity index is 0.000000120. The summed E-state index contributed by atoms with van der Waals surface area (Å²) in [5.41, 5.74) is 17.9. The average Bonchev–Trinajstić information content (AvgIpc) is 1.61. The molecule has 0 spiro atoms. The molecule has 3 aromatic carbocycles. The zero-order valence-corrected chi connectivity index (χ0v) is 59.8. The third-order valence-corrected chi connectivity index (χ3v) is 22.7. The Labute approximate surface area is 608 Å². The summed E-state index contributed by atoms with van der Waals surface area (Å²) in [5.74, 6) is 0.894. The zero-order chi connectivity index (χ0) is 70.1. The largest absolute Gasteiger partial charge is 0.371 e. The van der Waals surface area contributed by atoms with E-state index in [4.69, 9.17) is 0 Å². The number of fused-ring (bicyclic) bond motifs is 3. The third kappa shape index (κ3) is 15.6. The fraction of sp³-hybridized carbons (Fsp3) is 0.373. The number of piperidine rings is 6. The number of imidazole rings is 3. The van der Waals surface area contributed by atoms with Crippen LogP contribution in [0.1, 0.15) is 96.8 Å². The van der Waals surface area contributed by atoms with Gasteiger partial charge < -0.3 is 55.3 Å². The van der Waals surface area contributed by atoms with Crippen LogP contribution >= 0.6 is 0 Å². The number of pyridine rings is 5. The van der Waals surface area contributed by atoms with E-state index in [1.807, 2.05) is 82.4 Å². The molecule has 0 saturated carbocycles. The predicted octanol–water partition coefficient (Wildman–Crippen LogP) is 14.9. The van der Waals surface area contributed by atoms with Gasteiger partial charge in [-0.3, -0.25) is 27.9 Å². The highest BCUT2D eigenvalue weighted by atomic mass is 16.1. The molecule has 21 heteroatoms. The number of nitrogens with zero attached hydrogens (tertiary/aromatic N) is 13. The van der Waals surface area contributed by atoms with Crippen molar-refractivity contribution < 1.29 is 0 Å². The number of anilines is 9. The number of benzene rings is 3. The molecule has 12 aromatic rings. The Morgan fingerprint density at radius 3 is 1.06 bits per heavy atom. The maximum absolute atomic E-state index is 11.8. The Hall–Kier alpha value is -10.5. The van der Waals surface area contributed by atoms with E-state index in [9.17, 15) is 9.59 Å². The number of H-pyrrole nitrogens is 3. The van der Waals surface area contributed by atoms with E-state index in [1.165, 1.54) is 146 Å². The van der Waals surface area contributed by atoms with Crippen molar-refractivity contribution in [2.75, 3.05) is 109 Å². The molecule has 6 saturated heterocycles. The first-order valence-corrected chi connectivity index (χ1v) is 38.1. The first kappa shape index (κ1) is 68.0. The molecule has 9 aromatic heterocycles. The number of aromatic amines is 3. The van der Waals surface area contributed by atoms with Crippen molar-refractivity contribution >= 4 is 68.1 Å². The predicted molar refractivity (Wildman–Crippen MR) is 421 cm³/mol. The maximum atomic E-state index is 11.8. The molecule has 18 rings (SSSR count). The number of likely N-dealkylation sites (tertiary alicyclic amines) is 3. The molecule has 6 aliphatic rings. The second kappa shape index (κ2) is 31.6. The molecular weight excluding hydrogens is 1300 g/mol. The zero-order valence-electron chi connectivity index (χ0n) is 59.8. The minimum atomic E-state index is -0.117. The molecule has 0 radical (unpaired) electrons. The standard InChI is InChI=1S/C29H34N6O.C28H32N6O.C26H31N7/c1-21-9-15-33(16-10-21)25-11-17-34(18-12-25)24-4-2-23(3-5-24)32-26-6-7-27(35-19-14-31-29(26)35)22-8-13-30-28(36)20-22;35-27-20-21(10-13-29-27)26-9-8-25(28-30-14-19-34(26)28)31-22-4-6-23(7-5-22)33-17-11-24(12-18-33)32-15-2-1-3-16-32;1-2-13-31(14-3-1)23-10-15-32(16-11-23)22-6-4-21(5-7-22)30-24-8-9-25(20-18-28-29-19-20)33-17-12-27-26(24)33/h2-8,13-14,19-21,25,32H,9-12,15-18H2,1H3,(H,30,36);4-10,13-14,19-20,24,31H,1-3,11-12,15-18H2,(H,29,35);4-9,12,17-19,23,30H,1-3,10-11,13-16H2,(H,28,29). The molecule has 15 heterocycles. The van der Waals surface area contributed by atoms with E-state index in [2.05, 4.69) is 177 Å². The van der Waals surface area contributed by atoms with Crippen LogP contribution in [0, 0.1) is 5.92 Å². The number of aromatic nitrogens is 10. The molecule has 0 atom stereocenters. The molecular formula is C83H97N19O2. The van der Waals surface area contributed by atoms with E-state index in [-0.39, 0.29) is 11.1 Å². The van der Waals surface area contributed by atoms with Crippen LogP contribution < -0.4 is 41.8 Å². The van der Waals surface area contributed by atoms with E-state index in [0.29, 0.717) is 0 Å². The molecule has 0 unspecified atom stereocenters. The van der Waals surface area contributed by atoms with Gasteiger partial charge in [-0.2, -0.15) is 5.10 Å². The quantitative estimate of drug-likeness (QED) is 0.0566. The van der Waals surface area contributed by atoms with Gasteiger partial charge in [0, 0.05) is 176 Å². The smallest absolute Gasteiger partial charge is 0.248 e. The van der Waals surface area contributed by atoms with Gasteiger partial charge >= 0.3 is 0 Å². The van der Waals surface area contributed by atoms with Crippen LogP contribution in [0.4, 0.5) is 51.2 Å². The molecule has 0 bridgehead atoms. The maximum Gasteiger partial charge on any atom is 0.248 e. The first-order valence-electron chi connectivity index (χ1n) is 38.1. The van der Waals surface area contributed by atoms with E-state index < -0.39 is 0 Å². The van der Waals surface area contributed by atoms with Crippen molar-refractivity contribution in [2.24, 2.45) is 5.92 Å². The number of hydrogen-bond acceptors (Lipinski definition) is 15. The van der Waals surface area contributed by atoms with Gasteiger partial charge in [-0.05, 0) is 244 Å². The highest BCUT2D eigenvalue weighted by Crippen LogP contribution is 2.35. The van der Waals surface area contributed by atoms with Crippen molar-refractivity contribution in [3.8, 4) is 33.8 Å². The van der Waals surface area contributed by atoms with Gasteiger partial charge in [-0.1, -0.05) is 19.8 Å². The van der Waals surface area contributed by atoms with Crippen LogP contribution in [0.5, 0.6) is 0 Å². The topological polar surface area (TPSA) is 202 Å². The summed E-state index contributed by atoms with van der Waals surface area (Å²) in [4.78, 5) is 58.4. The van der Waals surface area contributed by atoms with Crippen LogP contribution in [0.3, 0.4) is 0 Å². The molecule has 104 heavy (non-hydrogen) atoms. The highest BCUT2D eigenvalue weighted by molar-refractivity contribution is 5.81. The Morgan fingerprint density at radius 1 is 0.375 bits per heavy atom. The minimum absolute atomic E-state index is 0.117. The van der Waals surface area contributed by atoms with Crippen molar-refractivity contribution in [1.29, 1.82) is 0 Å². The van der Waals surface area contributed by atoms with E-state index in [0.717, 1.165) is 148 Å². The molecule has 6 aliphatic heterocycles. The van der Waals surface area contributed by atoms with Gasteiger partial charge in [-0.15, -0.1) is 0 Å². The number of rotatable bonds is 15. The Bertz CT molecular complexity index is 4880. The average molecular weight is 1390 g/mol. The summed E-state index contributed by atoms with van der Waals surface area (Å²) < 4.78 is 6.12. The van der Waals surface area contributed by atoms with Gasteiger partial charge in [0.25, 0.3) is 0 Å². The Morgan fingerprint density at radius 2 is 0.721 bits per heavy atom. The number of nitrogens with one attached hydrogen (secondary N) is 6. The summed E-state index contributed by atoms with van der Waals surface area (Å²) >= 11 is 0. The Kier molecular flexibility index (Phi) is 20.7. The fourth-order valence-electron chi connectivity index (χ4n) is 16.8. The molecule has 6 N–H and O–H groups in total. The lowest BCUT2D eigenvalue weighted by Crippen LogP contribution is -2.47. The van der Waals surface area contributed by atoms with Crippen LogP contribution in [-0.2, 0) is 0 Å². The second-order valence-electron chi connectivity index (χ2n) is 29.2. The normalized spacial score (nSPS) is 18.0. The summed E-state index contributed by atoms with van der Waals surface area (Å²) in [5, 5.41) is 17.6. The SMILES string of the molecule is CC1CCN(C2CCN(c3ccc(Nc4ccc(-c5cc[nH]c(=O)c5)n5ccnc45)cc3)CC2)CC1.O=c1cc(-c2ccc(Nc3ccc(N4CCC(N5CCCCC5)CC4)cc3)c3nccn23)cc[nH]1.c1cn2c(-c3cn[nH]c3)ccc(Nc3ccc(N4CCC(N5CCCCC5)CC4)cc3)c2n1. The van der Waals surface area contributed by atoms with Crippen molar-refractivity contribution in [3.05, 3.63) is 216 Å². The van der Waals surface area contributed by atoms with Crippen LogP contribution in [0.2, 0.25) is 0 Å². The van der Waals surface area contributed by atoms with Crippen LogP contribution in [0.25, 0.3) is 50.7 Å². The van der Waals surface area contributed by atoms with Gasteiger partial charge in [-0.25, -0.2) is 15.0 Å². The molecule has 6 fully saturated rings. The third-order valence-electron chi connectivity index (χ3n) is 22.7. The molecule has 0 amide bonds. The van der Waals surface area contributed by atoms with Gasteiger partial charge in [0.1, 0.15) is 0 Å². The lowest BCUT2D eigenvalue weighted by molar-refractivity contribution is 0.120. The van der Waals surface area contributed by atoms with E-state index >= 15 is 0 Å². The molecule has 21 nitrogen and oxygen atoms in total. The van der Waals surface area contributed by atoms with Crippen molar-refractivity contribution in [3.63, 3.8) is 0 Å². The van der Waals surface area contributed by atoms with Crippen LogP contribution in [0.15, 0.2) is 205 Å². The van der Waals surface area contributed by atoms with Crippen molar-refractivity contribution in [1.82, 2.24) is 63.0 Å². The van der Waals surface area contributed by atoms with Gasteiger partial charge in [0.05, 0.1) is 40.3 Å². The van der Waals surface area contributed by atoms with E-state index in [1.54, 1.807) is 36.9 Å². The summed E-state index contributed by atoms with van der Waals surface area (Å²) in [7, 11) is 0. The second-order valence-corrected chi connectivity index (χ2v) is 29.2. The van der Waals surface area contributed by atoms with Gasteiger partial charge in [0.15, 0.2) is 16.9 Å². The van der Waals surface area contributed by atoms with Gasteiger partial charge in [0.2, 0.25) is 11.1 Å². The summed E-state index contributed by atoms with van der Waals surface area (Å²) in [6.45, 7) is 17.0.